The minimum atomic E-state index is -0.163. The van der Waals surface area contributed by atoms with Crippen LogP contribution in [-0.4, -0.2) is 34.0 Å². The summed E-state index contributed by atoms with van der Waals surface area (Å²) in [6.45, 7) is 7.83. The molecule has 0 aliphatic heterocycles. The highest BCUT2D eigenvalue weighted by molar-refractivity contribution is 5.75. The number of aromatic amines is 1. The van der Waals surface area contributed by atoms with Crippen molar-refractivity contribution in [2.24, 2.45) is 5.73 Å². The first-order valence-electron chi connectivity index (χ1n) is 6.26. The monoisotopic (exact) mass is 246 g/mol. The van der Waals surface area contributed by atoms with Gasteiger partial charge in [-0.1, -0.05) is 6.07 Å². The number of aromatic nitrogens is 2. The number of nitrogens with one attached hydrogen (secondary N) is 1. The molecule has 0 aliphatic rings. The van der Waals surface area contributed by atoms with E-state index < -0.39 is 0 Å². The fraction of sp³-hybridized carbons (Fsp3) is 0.500. The standard InChI is InChI=1S/C14H22N4/c1-10-16-12-6-5-11(7-13(12)17-10)8-18(4)9-14(2,3)15/h5-7H,8-9,15H2,1-4H3,(H,16,17). The van der Waals surface area contributed by atoms with E-state index in [9.17, 15) is 0 Å². The summed E-state index contributed by atoms with van der Waals surface area (Å²) in [5.41, 5.74) is 9.27. The zero-order valence-electron chi connectivity index (χ0n) is 11.6. The fourth-order valence-electron chi connectivity index (χ4n) is 2.35. The van der Waals surface area contributed by atoms with Crippen molar-refractivity contribution in [3.63, 3.8) is 0 Å². The average Bonchev–Trinajstić information content (AvgIpc) is 2.53. The van der Waals surface area contributed by atoms with E-state index in [1.807, 2.05) is 20.8 Å². The van der Waals surface area contributed by atoms with Crippen LogP contribution in [0.3, 0.4) is 0 Å². The van der Waals surface area contributed by atoms with Crippen molar-refractivity contribution in [2.45, 2.75) is 32.9 Å². The van der Waals surface area contributed by atoms with E-state index in [0.29, 0.717) is 0 Å². The lowest BCUT2D eigenvalue weighted by molar-refractivity contribution is 0.263. The van der Waals surface area contributed by atoms with Crippen molar-refractivity contribution < 1.29 is 0 Å². The van der Waals surface area contributed by atoms with Gasteiger partial charge in [0.2, 0.25) is 0 Å². The summed E-state index contributed by atoms with van der Waals surface area (Å²) in [4.78, 5) is 9.91. The van der Waals surface area contributed by atoms with Gasteiger partial charge in [0.1, 0.15) is 5.82 Å². The number of benzene rings is 1. The molecule has 2 aromatic rings. The Balaban J connectivity index is 2.11. The van der Waals surface area contributed by atoms with Gasteiger partial charge in [-0.25, -0.2) is 4.98 Å². The number of fused-ring (bicyclic) bond motifs is 1. The summed E-state index contributed by atoms with van der Waals surface area (Å²) < 4.78 is 0. The molecule has 0 saturated heterocycles. The van der Waals surface area contributed by atoms with Crippen molar-refractivity contribution in [1.82, 2.24) is 14.9 Å². The number of rotatable bonds is 4. The van der Waals surface area contributed by atoms with E-state index in [4.69, 9.17) is 5.73 Å². The molecule has 1 heterocycles. The molecule has 0 unspecified atom stereocenters. The van der Waals surface area contributed by atoms with Gasteiger partial charge in [0, 0.05) is 18.6 Å². The van der Waals surface area contributed by atoms with Crippen LogP contribution >= 0.6 is 0 Å². The highest BCUT2D eigenvalue weighted by Gasteiger charge is 2.14. The second-order valence-corrected chi connectivity index (χ2v) is 5.83. The SMILES string of the molecule is Cc1nc2ccc(CN(C)CC(C)(C)N)cc2[nH]1. The van der Waals surface area contributed by atoms with Crippen LogP contribution in [0.4, 0.5) is 0 Å². The molecule has 0 amide bonds. The van der Waals surface area contributed by atoms with E-state index in [2.05, 4.69) is 40.1 Å². The first kappa shape index (κ1) is 13.1. The Bertz CT molecular complexity index is 536. The van der Waals surface area contributed by atoms with Gasteiger partial charge >= 0.3 is 0 Å². The van der Waals surface area contributed by atoms with Gasteiger partial charge in [0.25, 0.3) is 0 Å². The molecular weight excluding hydrogens is 224 g/mol. The number of hydrogen-bond donors (Lipinski definition) is 2. The third kappa shape index (κ3) is 3.31. The molecule has 4 nitrogen and oxygen atoms in total. The molecule has 98 valence electrons. The maximum Gasteiger partial charge on any atom is 0.104 e. The predicted octanol–water partition coefficient (Wildman–Crippen LogP) is 2.04. The molecule has 4 heteroatoms. The Labute approximate surface area is 108 Å². The van der Waals surface area contributed by atoms with Gasteiger partial charge in [-0.05, 0) is 45.5 Å². The molecule has 1 aromatic heterocycles. The van der Waals surface area contributed by atoms with E-state index in [0.717, 1.165) is 29.9 Å². The van der Waals surface area contributed by atoms with Crippen LogP contribution in [-0.2, 0) is 6.54 Å². The van der Waals surface area contributed by atoms with Crippen LogP contribution in [0.5, 0.6) is 0 Å². The minimum absolute atomic E-state index is 0.163. The van der Waals surface area contributed by atoms with E-state index in [1.165, 1.54) is 5.56 Å². The number of likely N-dealkylation sites (N-methyl/N-ethyl adjacent to an activating group) is 1. The molecule has 1 aromatic carbocycles. The molecule has 0 aliphatic carbocycles. The normalized spacial score (nSPS) is 12.6. The van der Waals surface area contributed by atoms with Gasteiger partial charge in [0.05, 0.1) is 11.0 Å². The summed E-state index contributed by atoms with van der Waals surface area (Å²) in [6, 6.07) is 6.35. The molecule has 3 N–H and O–H groups in total. The Kier molecular flexibility index (Phi) is 3.41. The van der Waals surface area contributed by atoms with Crippen LogP contribution in [0, 0.1) is 6.92 Å². The van der Waals surface area contributed by atoms with Crippen molar-refractivity contribution in [3.8, 4) is 0 Å². The van der Waals surface area contributed by atoms with Gasteiger partial charge in [-0.3, -0.25) is 0 Å². The molecule has 0 bridgehead atoms. The third-order valence-electron chi connectivity index (χ3n) is 2.79. The van der Waals surface area contributed by atoms with E-state index >= 15 is 0 Å². The average molecular weight is 246 g/mol. The van der Waals surface area contributed by atoms with Crippen LogP contribution in [0.2, 0.25) is 0 Å². The van der Waals surface area contributed by atoms with Crippen LogP contribution < -0.4 is 5.73 Å². The first-order valence-corrected chi connectivity index (χ1v) is 6.26. The lowest BCUT2D eigenvalue weighted by Crippen LogP contribution is -2.43. The number of aryl methyl sites for hydroxylation is 1. The quantitative estimate of drug-likeness (QED) is 0.868. The molecule has 0 atom stereocenters. The lowest BCUT2D eigenvalue weighted by Gasteiger charge is -2.26. The van der Waals surface area contributed by atoms with Gasteiger partial charge in [-0.15, -0.1) is 0 Å². The largest absolute Gasteiger partial charge is 0.342 e. The van der Waals surface area contributed by atoms with Gasteiger partial charge in [0.15, 0.2) is 0 Å². The summed E-state index contributed by atoms with van der Waals surface area (Å²) in [7, 11) is 2.09. The summed E-state index contributed by atoms with van der Waals surface area (Å²) in [5, 5.41) is 0. The first-order chi connectivity index (χ1) is 8.33. The maximum absolute atomic E-state index is 6.03. The summed E-state index contributed by atoms with van der Waals surface area (Å²) in [5.74, 6) is 0.957. The predicted molar refractivity (Wildman–Crippen MR) is 75.4 cm³/mol. The molecule has 2 rings (SSSR count). The number of H-pyrrole nitrogens is 1. The molecule has 0 radical (unpaired) electrons. The molecule has 0 fully saturated rings. The fourth-order valence-corrected chi connectivity index (χ4v) is 2.35. The number of nitrogens with two attached hydrogens (primary N) is 1. The maximum atomic E-state index is 6.03. The van der Waals surface area contributed by atoms with Crippen molar-refractivity contribution in [2.75, 3.05) is 13.6 Å². The third-order valence-corrected chi connectivity index (χ3v) is 2.79. The molecule has 18 heavy (non-hydrogen) atoms. The zero-order chi connectivity index (χ0) is 13.3. The zero-order valence-corrected chi connectivity index (χ0v) is 11.6. The highest BCUT2D eigenvalue weighted by atomic mass is 15.1. The van der Waals surface area contributed by atoms with Crippen LogP contribution in [0.15, 0.2) is 18.2 Å². The van der Waals surface area contributed by atoms with Crippen molar-refractivity contribution in [1.29, 1.82) is 0 Å². The second-order valence-electron chi connectivity index (χ2n) is 5.83. The Morgan fingerprint density at radius 2 is 2.11 bits per heavy atom. The van der Waals surface area contributed by atoms with Gasteiger partial charge in [-0.2, -0.15) is 0 Å². The molecule has 0 saturated carbocycles. The Hall–Kier alpha value is -1.39. The van der Waals surface area contributed by atoms with Crippen LogP contribution in [0.1, 0.15) is 25.2 Å². The van der Waals surface area contributed by atoms with Gasteiger partial charge < -0.3 is 15.6 Å². The summed E-state index contributed by atoms with van der Waals surface area (Å²) in [6.07, 6.45) is 0. The molecule has 0 spiro atoms. The Morgan fingerprint density at radius 3 is 2.78 bits per heavy atom. The molecular formula is C14H22N4. The number of imidazole rings is 1. The highest BCUT2D eigenvalue weighted by Crippen LogP contribution is 2.15. The van der Waals surface area contributed by atoms with Crippen molar-refractivity contribution >= 4 is 11.0 Å². The van der Waals surface area contributed by atoms with Crippen molar-refractivity contribution in [3.05, 3.63) is 29.6 Å². The topological polar surface area (TPSA) is 57.9 Å². The van der Waals surface area contributed by atoms with E-state index in [1.54, 1.807) is 0 Å². The second kappa shape index (κ2) is 4.71. The smallest absolute Gasteiger partial charge is 0.104 e. The van der Waals surface area contributed by atoms with E-state index in [-0.39, 0.29) is 5.54 Å². The summed E-state index contributed by atoms with van der Waals surface area (Å²) >= 11 is 0. The minimum Gasteiger partial charge on any atom is -0.342 e. The van der Waals surface area contributed by atoms with Crippen LogP contribution in [0.25, 0.3) is 11.0 Å². The lowest BCUT2D eigenvalue weighted by atomic mass is 10.1. The number of nitrogens with zero attached hydrogens (tertiary/aromatic N) is 2. The Morgan fingerprint density at radius 1 is 1.39 bits per heavy atom. The number of hydrogen-bond acceptors (Lipinski definition) is 3.